The molecular formula is C38H22BrNS. The van der Waals surface area contributed by atoms with Crippen LogP contribution in [-0.2, 0) is 0 Å². The van der Waals surface area contributed by atoms with Gasteiger partial charge in [0, 0.05) is 41.1 Å². The first-order chi connectivity index (χ1) is 20.2. The largest absolute Gasteiger partial charge is 0.309 e. The van der Waals surface area contributed by atoms with E-state index in [0.717, 1.165) is 4.47 Å². The highest BCUT2D eigenvalue weighted by Crippen LogP contribution is 2.41. The third-order valence-electron chi connectivity index (χ3n) is 8.44. The summed E-state index contributed by atoms with van der Waals surface area (Å²) in [7, 11) is 0. The number of halogens is 1. The quantitative estimate of drug-likeness (QED) is 0.173. The Kier molecular flexibility index (Phi) is 4.98. The van der Waals surface area contributed by atoms with Gasteiger partial charge in [-0.1, -0.05) is 101 Å². The highest BCUT2D eigenvalue weighted by Gasteiger charge is 2.15. The van der Waals surface area contributed by atoms with Gasteiger partial charge in [-0.2, -0.15) is 0 Å². The summed E-state index contributed by atoms with van der Waals surface area (Å²) in [5.74, 6) is 0. The second kappa shape index (κ2) is 8.78. The van der Waals surface area contributed by atoms with Gasteiger partial charge in [-0.15, -0.1) is 11.3 Å². The van der Waals surface area contributed by atoms with E-state index in [0.29, 0.717) is 0 Å². The number of fused-ring (bicyclic) bond motifs is 9. The van der Waals surface area contributed by atoms with Crippen molar-refractivity contribution in [1.82, 2.24) is 4.57 Å². The molecular weight excluding hydrogens is 582 g/mol. The minimum atomic E-state index is 1.15. The van der Waals surface area contributed by atoms with Crippen molar-refractivity contribution in [3.63, 3.8) is 0 Å². The van der Waals surface area contributed by atoms with E-state index in [1.807, 2.05) is 11.3 Å². The molecule has 0 fully saturated rings. The molecule has 0 radical (unpaired) electrons. The minimum Gasteiger partial charge on any atom is -0.309 e. The zero-order valence-electron chi connectivity index (χ0n) is 21.9. The Balaban J connectivity index is 1.31. The maximum absolute atomic E-state index is 3.80. The van der Waals surface area contributed by atoms with Gasteiger partial charge in [-0.3, -0.25) is 0 Å². The lowest BCUT2D eigenvalue weighted by Gasteiger charge is -2.12. The molecule has 3 heteroatoms. The second-order valence-corrected chi connectivity index (χ2v) is 12.6. The first-order valence-electron chi connectivity index (χ1n) is 13.8. The number of aromatic nitrogens is 1. The summed E-state index contributed by atoms with van der Waals surface area (Å²) in [6, 6.07) is 49.1. The summed E-state index contributed by atoms with van der Waals surface area (Å²) in [6.45, 7) is 0. The molecule has 7 aromatic carbocycles. The molecule has 0 aliphatic carbocycles. The van der Waals surface area contributed by atoms with E-state index in [-0.39, 0.29) is 0 Å². The molecule has 2 aromatic heterocycles. The van der Waals surface area contributed by atoms with Crippen LogP contribution in [0.15, 0.2) is 138 Å². The summed E-state index contributed by atoms with van der Waals surface area (Å²) < 4.78 is 6.21. The van der Waals surface area contributed by atoms with Gasteiger partial charge in [-0.05, 0) is 81.2 Å². The second-order valence-electron chi connectivity index (χ2n) is 10.7. The van der Waals surface area contributed by atoms with Crippen molar-refractivity contribution in [2.24, 2.45) is 0 Å². The summed E-state index contributed by atoms with van der Waals surface area (Å²) in [6.07, 6.45) is 0. The SMILES string of the molecule is Brc1cccc2sc3ccc(-c4ccc5c6ccccc6n(-c6ccc7ccc8ccccc8c7c6)c5c4)cc3c12. The zero-order chi connectivity index (χ0) is 27.1. The smallest absolute Gasteiger partial charge is 0.0547 e. The first kappa shape index (κ1) is 23.3. The van der Waals surface area contributed by atoms with Crippen molar-refractivity contribution in [3.8, 4) is 16.8 Å². The van der Waals surface area contributed by atoms with E-state index in [1.54, 1.807) is 0 Å². The molecule has 0 spiro atoms. The van der Waals surface area contributed by atoms with Gasteiger partial charge in [0.15, 0.2) is 0 Å². The molecule has 0 saturated carbocycles. The summed E-state index contributed by atoms with van der Waals surface area (Å²) in [5.41, 5.74) is 6.08. The van der Waals surface area contributed by atoms with E-state index in [1.165, 1.54) is 80.3 Å². The van der Waals surface area contributed by atoms with Crippen LogP contribution >= 0.6 is 27.3 Å². The van der Waals surface area contributed by atoms with Crippen molar-refractivity contribution in [1.29, 1.82) is 0 Å². The summed E-state index contributed by atoms with van der Waals surface area (Å²) in [5, 5.41) is 10.2. The fourth-order valence-electron chi connectivity index (χ4n) is 6.52. The lowest BCUT2D eigenvalue weighted by atomic mass is 10.0. The number of hydrogen-bond donors (Lipinski definition) is 0. The van der Waals surface area contributed by atoms with Crippen LogP contribution in [0.25, 0.3) is 80.3 Å². The van der Waals surface area contributed by atoms with E-state index < -0.39 is 0 Å². The summed E-state index contributed by atoms with van der Waals surface area (Å²) >= 11 is 5.65. The fraction of sp³-hybridized carbons (Fsp3) is 0. The zero-order valence-corrected chi connectivity index (χ0v) is 24.3. The van der Waals surface area contributed by atoms with E-state index in [9.17, 15) is 0 Å². The first-order valence-corrected chi connectivity index (χ1v) is 15.4. The molecule has 0 aliphatic heterocycles. The van der Waals surface area contributed by atoms with Gasteiger partial charge in [0.25, 0.3) is 0 Å². The van der Waals surface area contributed by atoms with Gasteiger partial charge in [0.1, 0.15) is 0 Å². The predicted octanol–water partition coefficient (Wildman–Crippen LogP) is 11.9. The number of benzene rings is 7. The van der Waals surface area contributed by atoms with Gasteiger partial charge in [-0.25, -0.2) is 0 Å². The van der Waals surface area contributed by atoms with Crippen molar-refractivity contribution in [2.75, 3.05) is 0 Å². The Bertz CT molecular complexity index is 2500. The molecule has 0 saturated heterocycles. The minimum absolute atomic E-state index is 1.15. The van der Waals surface area contributed by atoms with E-state index in [2.05, 4.69) is 154 Å². The normalized spacial score (nSPS) is 12.0. The van der Waals surface area contributed by atoms with Crippen LogP contribution in [0.2, 0.25) is 0 Å². The van der Waals surface area contributed by atoms with Gasteiger partial charge in [0.2, 0.25) is 0 Å². The lowest BCUT2D eigenvalue weighted by molar-refractivity contribution is 1.19. The Morgan fingerprint density at radius 2 is 1.20 bits per heavy atom. The molecule has 2 heterocycles. The number of thiophene rings is 1. The van der Waals surface area contributed by atoms with Crippen LogP contribution < -0.4 is 0 Å². The average molecular weight is 605 g/mol. The third kappa shape index (κ3) is 3.46. The third-order valence-corrected chi connectivity index (χ3v) is 10.2. The van der Waals surface area contributed by atoms with Crippen molar-refractivity contribution in [3.05, 3.63) is 138 Å². The van der Waals surface area contributed by atoms with E-state index in [4.69, 9.17) is 0 Å². The standard InChI is InChI=1S/C38H22BrNS/c39-33-9-5-11-37-38(33)32-20-25(16-19-36(32)41-37)26-15-18-30-29-8-3-4-10-34(29)40(35(30)21-26)27-17-14-24-13-12-23-6-1-2-7-28(23)31(24)22-27/h1-22H. The molecule has 0 N–H and O–H groups in total. The lowest BCUT2D eigenvalue weighted by Crippen LogP contribution is -1.94. The molecule has 0 atom stereocenters. The van der Waals surface area contributed by atoms with Crippen LogP contribution in [-0.4, -0.2) is 4.57 Å². The van der Waals surface area contributed by atoms with Gasteiger partial charge in [0.05, 0.1) is 11.0 Å². The molecule has 9 aromatic rings. The van der Waals surface area contributed by atoms with Crippen LogP contribution in [0.5, 0.6) is 0 Å². The Hall–Kier alpha value is -4.44. The number of para-hydroxylation sites is 1. The molecule has 192 valence electrons. The predicted molar refractivity (Wildman–Crippen MR) is 182 cm³/mol. The summed E-state index contributed by atoms with van der Waals surface area (Å²) in [4.78, 5) is 0. The van der Waals surface area contributed by atoms with E-state index >= 15 is 0 Å². The van der Waals surface area contributed by atoms with Gasteiger partial charge >= 0.3 is 0 Å². The topological polar surface area (TPSA) is 4.93 Å². The van der Waals surface area contributed by atoms with Crippen LogP contribution in [0, 0.1) is 0 Å². The number of hydrogen-bond acceptors (Lipinski definition) is 1. The molecule has 0 amide bonds. The van der Waals surface area contributed by atoms with Crippen LogP contribution in [0.4, 0.5) is 0 Å². The Morgan fingerprint density at radius 3 is 2.12 bits per heavy atom. The number of nitrogens with zero attached hydrogens (tertiary/aromatic N) is 1. The number of rotatable bonds is 2. The molecule has 0 unspecified atom stereocenters. The molecule has 9 rings (SSSR count). The fourth-order valence-corrected chi connectivity index (χ4v) is 8.34. The van der Waals surface area contributed by atoms with Gasteiger partial charge < -0.3 is 4.57 Å². The highest BCUT2D eigenvalue weighted by molar-refractivity contribution is 9.10. The molecule has 0 bridgehead atoms. The molecule has 41 heavy (non-hydrogen) atoms. The van der Waals surface area contributed by atoms with Crippen LogP contribution in [0.1, 0.15) is 0 Å². The van der Waals surface area contributed by atoms with Crippen molar-refractivity contribution >= 4 is 90.8 Å². The Labute approximate surface area is 249 Å². The maximum atomic E-state index is 3.80. The molecule has 1 nitrogen and oxygen atoms in total. The van der Waals surface area contributed by atoms with Crippen molar-refractivity contribution < 1.29 is 0 Å². The average Bonchev–Trinajstić information content (AvgIpc) is 3.56. The maximum Gasteiger partial charge on any atom is 0.0547 e. The Morgan fingerprint density at radius 1 is 0.463 bits per heavy atom. The molecule has 0 aliphatic rings. The highest BCUT2D eigenvalue weighted by atomic mass is 79.9. The van der Waals surface area contributed by atoms with Crippen LogP contribution in [0.3, 0.4) is 0 Å². The monoisotopic (exact) mass is 603 g/mol. The van der Waals surface area contributed by atoms with Crippen molar-refractivity contribution in [2.45, 2.75) is 0 Å².